The summed E-state index contributed by atoms with van der Waals surface area (Å²) >= 11 is 13.3. The van der Waals surface area contributed by atoms with E-state index in [0.717, 1.165) is 34.1 Å². The molecule has 0 bridgehead atoms. The van der Waals surface area contributed by atoms with E-state index in [2.05, 4.69) is 0 Å². The summed E-state index contributed by atoms with van der Waals surface area (Å²) in [5.41, 5.74) is 3.38. The zero-order chi connectivity index (χ0) is 30.0. The van der Waals surface area contributed by atoms with Gasteiger partial charge in [-0.15, -0.1) is 0 Å². The zero-order valence-electron chi connectivity index (χ0n) is 24.1. The first-order valence-electron chi connectivity index (χ1n) is 13.8. The third-order valence-electron chi connectivity index (χ3n) is 7.67. The summed E-state index contributed by atoms with van der Waals surface area (Å²) in [4.78, 5) is 31.6. The molecule has 1 aliphatic heterocycles. The number of halogens is 2. The summed E-state index contributed by atoms with van der Waals surface area (Å²) in [6, 6.07) is 21.1. The summed E-state index contributed by atoms with van der Waals surface area (Å²) in [6.07, 6.45) is 0.779. The molecule has 1 fully saturated rings. The molecule has 8 nitrogen and oxygen atoms in total. The molecule has 0 saturated carbocycles. The van der Waals surface area contributed by atoms with Gasteiger partial charge in [0, 0.05) is 50.4 Å². The van der Waals surface area contributed by atoms with Crippen molar-refractivity contribution in [2.24, 2.45) is 0 Å². The Hall–Kier alpha value is -3.88. The molecule has 5 rings (SSSR count). The number of hydrogen-bond donors (Lipinski definition) is 0. The molecule has 3 aromatic carbocycles. The first-order valence-corrected chi connectivity index (χ1v) is 14.5. The number of fused-ring (bicyclic) bond motifs is 1. The fraction of sp³-hybridized carbons (Fsp3) is 0.312. The molecule has 0 N–H and O–H groups in total. The largest absolute Gasteiger partial charge is 0.493 e. The molecule has 42 heavy (non-hydrogen) atoms. The number of anilines is 1. The van der Waals surface area contributed by atoms with Crippen LogP contribution in [0.2, 0.25) is 10.2 Å². The van der Waals surface area contributed by atoms with Gasteiger partial charge in [-0.05, 0) is 42.7 Å². The van der Waals surface area contributed by atoms with Gasteiger partial charge in [-0.25, -0.2) is 4.79 Å². The van der Waals surface area contributed by atoms with E-state index in [4.69, 9.17) is 32.7 Å². The van der Waals surface area contributed by atoms with Crippen LogP contribution in [0.25, 0.3) is 10.9 Å². The second-order valence-corrected chi connectivity index (χ2v) is 11.3. The van der Waals surface area contributed by atoms with Gasteiger partial charge in [0.15, 0.2) is 11.5 Å². The van der Waals surface area contributed by atoms with E-state index in [0.29, 0.717) is 41.4 Å². The summed E-state index contributed by atoms with van der Waals surface area (Å²) in [5.74, 6) is 1.06. The van der Waals surface area contributed by atoms with E-state index in [9.17, 15) is 9.59 Å². The lowest BCUT2D eigenvalue weighted by Gasteiger charge is -2.40. The Balaban J connectivity index is 1.42. The van der Waals surface area contributed by atoms with Gasteiger partial charge in [0.25, 0.3) is 0 Å². The number of rotatable bonds is 9. The molecule has 220 valence electrons. The van der Waals surface area contributed by atoms with Crippen molar-refractivity contribution in [3.05, 3.63) is 88.0 Å². The van der Waals surface area contributed by atoms with Crippen LogP contribution in [-0.2, 0) is 24.5 Å². The Kier molecular flexibility index (Phi) is 8.85. The second-order valence-electron chi connectivity index (χ2n) is 10.6. The summed E-state index contributed by atoms with van der Waals surface area (Å²) in [7, 11) is 5.00. The molecule has 0 radical (unpaired) electrons. The maximum atomic E-state index is 14.0. The maximum absolute atomic E-state index is 14.0. The van der Waals surface area contributed by atoms with Gasteiger partial charge < -0.3 is 23.8 Å². The van der Waals surface area contributed by atoms with Crippen LogP contribution in [-0.4, -0.2) is 60.1 Å². The highest BCUT2D eigenvalue weighted by Gasteiger charge is 2.33. The summed E-state index contributed by atoms with van der Waals surface area (Å²) < 4.78 is 13.4. The molecular formula is C32H34Cl2N4O4. The molecule has 0 unspecified atom stereocenters. The summed E-state index contributed by atoms with van der Waals surface area (Å²) in [5, 5.41) is 1.42. The van der Waals surface area contributed by atoms with Crippen LogP contribution in [0.4, 0.5) is 10.5 Å². The van der Waals surface area contributed by atoms with E-state index in [1.807, 2.05) is 78.6 Å². The number of hydrogen-bond acceptors (Lipinski definition) is 4. The number of carbonyl (C=O) groups excluding carboxylic acids is 2. The van der Waals surface area contributed by atoms with E-state index in [1.54, 1.807) is 30.7 Å². The quantitative estimate of drug-likeness (QED) is 0.208. The van der Waals surface area contributed by atoms with Crippen LogP contribution in [0.15, 0.2) is 66.7 Å². The molecule has 3 amide bonds. The van der Waals surface area contributed by atoms with Crippen LogP contribution < -0.4 is 14.4 Å². The first-order chi connectivity index (χ1) is 20.2. The SMILES string of the molecule is COc1ccc(N2CC[C@H](C)N(Cc3cccc4c3c(Cl)c(Cl)n4CC(=O)N(C)C)C2=O)cc1OCc1ccccc1. The molecule has 2 heterocycles. The predicted octanol–water partition coefficient (Wildman–Crippen LogP) is 6.84. The Morgan fingerprint density at radius 3 is 2.50 bits per heavy atom. The van der Waals surface area contributed by atoms with Gasteiger partial charge in [-0.2, -0.15) is 0 Å². The number of amides is 3. The number of carbonyl (C=O) groups is 2. The Morgan fingerprint density at radius 2 is 1.79 bits per heavy atom. The minimum Gasteiger partial charge on any atom is -0.493 e. The smallest absolute Gasteiger partial charge is 0.325 e. The van der Waals surface area contributed by atoms with Crippen molar-refractivity contribution < 1.29 is 19.1 Å². The minimum absolute atomic E-state index is 0.00251. The fourth-order valence-electron chi connectivity index (χ4n) is 5.19. The Bertz CT molecular complexity index is 1610. The molecule has 1 atom stereocenters. The number of aromatic nitrogens is 1. The Morgan fingerprint density at radius 1 is 1.02 bits per heavy atom. The van der Waals surface area contributed by atoms with Crippen LogP contribution in [0, 0.1) is 0 Å². The van der Waals surface area contributed by atoms with Gasteiger partial charge in [-0.1, -0.05) is 65.7 Å². The number of ether oxygens (including phenoxy) is 2. The molecule has 4 aromatic rings. The number of likely N-dealkylation sites (N-methyl/N-ethyl adjacent to an activating group) is 1. The number of urea groups is 1. The van der Waals surface area contributed by atoms with Gasteiger partial charge in [0.2, 0.25) is 5.91 Å². The normalized spacial score (nSPS) is 15.3. The third kappa shape index (κ3) is 5.87. The van der Waals surface area contributed by atoms with Gasteiger partial charge >= 0.3 is 6.03 Å². The van der Waals surface area contributed by atoms with E-state index in [-0.39, 0.29) is 24.5 Å². The highest BCUT2D eigenvalue weighted by Crippen LogP contribution is 2.38. The zero-order valence-corrected chi connectivity index (χ0v) is 25.7. The number of benzene rings is 3. The molecule has 1 saturated heterocycles. The van der Waals surface area contributed by atoms with Crippen molar-refractivity contribution in [2.75, 3.05) is 32.6 Å². The molecule has 10 heteroatoms. The van der Waals surface area contributed by atoms with Crippen molar-refractivity contribution in [3.8, 4) is 11.5 Å². The summed E-state index contributed by atoms with van der Waals surface area (Å²) in [6.45, 7) is 3.40. The molecule has 0 aliphatic carbocycles. The second kappa shape index (κ2) is 12.5. The van der Waals surface area contributed by atoms with Crippen molar-refractivity contribution in [2.45, 2.75) is 39.1 Å². The van der Waals surface area contributed by atoms with E-state index in [1.165, 1.54) is 4.90 Å². The molecule has 1 aliphatic rings. The van der Waals surface area contributed by atoms with Crippen molar-refractivity contribution in [3.63, 3.8) is 0 Å². The lowest BCUT2D eigenvalue weighted by atomic mass is 10.1. The van der Waals surface area contributed by atoms with Gasteiger partial charge in [-0.3, -0.25) is 9.69 Å². The highest BCUT2D eigenvalue weighted by molar-refractivity contribution is 6.45. The number of methoxy groups -OCH3 is 1. The topological polar surface area (TPSA) is 67.2 Å². The van der Waals surface area contributed by atoms with Crippen molar-refractivity contribution >= 4 is 51.7 Å². The maximum Gasteiger partial charge on any atom is 0.325 e. The minimum atomic E-state index is -0.116. The highest BCUT2D eigenvalue weighted by atomic mass is 35.5. The van der Waals surface area contributed by atoms with E-state index < -0.39 is 0 Å². The van der Waals surface area contributed by atoms with Gasteiger partial charge in [0.1, 0.15) is 18.3 Å². The first kappa shape index (κ1) is 29.6. The van der Waals surface area contributed by atoms with Crippen LogP contribution in [0.1, 0.15) is 24.5 Å². The Labute approximate surface area is 255 Å². The average molecular weight is 610 g/mol. The monoisotopic (exact) mass is 608 g/mol. The van der Waals surface area contributed by atoms with Crippen LogP contribution in [0.3, 0.4) is 0 Å². The molecule has 0 spiro atoms. The molecule has 1 aromatic heterocycles. The predicted molar refractivity (Wildman–Crippen MR) is 167 cm³/mol. The fourth-order valence-corrected chi connectivity index (χ4v) is 5.76. The van der Waals surface area contributed by atoms with Crippen molar-refractivity contribution in [1.82, 2.24) is 14.4 Å². The van der Waals surface area contributed by atoms with Gasteiger partial charge in [0.05, 0.1) is 17.6 Å². The van der Waals surface area contributed by atoms with E-state index >= 15 is 0 Å². The van der Waals surface area contributed by atoms with Crippen molar-refractivity contribution in [1.29, 1.82) is 0 Å². The lowest BCUT2D eigenvalue weighted by Crippen LogP contribution is -2.53. The van der Waals surface area contributed by atoms with Crippen LogP contribution in [0.5, 0.6) is 11.5 Å². The average Bonchev–Trinajstić information content (AvgIpc) is 3.23. The van der Waals surface area contributed by atoms with Crippen LogP contribution >= 0.6 is 23.2 Å². The third-order valence-corrected chi connectivity index (χ3v) is 8.52. The lowest BCUT2D eigenvalue weighted by molar-refractivity contribution is -0.129. The number of nitrogens with zero attached hydrogens (tertiary/aromatic N) is 4. The standard InChI is InChI=1S/C32H34Cl2N4O4/c1-21-15-16-36(24-13-14-26(41-4)27(17-24)42-20-22-9-6-5-7-10-22)32(40)37(21)18-23-11-8-12-25-29(23)30(33)31(34)38(25)19-28(39)35(2)3/h5-14,17,21H,15-16,18-20H2,1-4H3/t21-/m0/s1. The molecular weight excluding hydrogens is 575 g/mol.